The van der Waals surface area contributed by atoms with Crippen LogP contribution in [0.25, 0.3) is 81.8 Å². The molecule has 10 aromatic rings. The number of rotatable bonds is 4. The highest BCUT2D eigenvalue weighted by molar-refractivity contribution is 8.09. The van der Waals surface area contributed by atoms with Crippen molar-refractivity contribution >= 4 is 82.7 Å². The Bertz CT molecular complexity index is 3330. The van der Waals surface area contributed by atoms with Crippen LogP contribution in [0, 0.1) is 0 Å². The molecule has 0 amide bonds. The summed E-state index contributed by atoms with van der Waals surface area (Å²) in [5.41, 5.74) is 12.8. The minimum absolute atomic E-state index is 0.00389. The number of para-hydroxylation sites is 2. The standard InChI is InChI=1S/C52H34N4S/c1-4-16-34(17-5-1)47-32-43-49(35-18-6-2-7-19-35)53-52(54-51(43)57-47)56-45-30-28-36(31-42(45)40-29-27-33-15-10-11-22-39(33)50(40)56)38-24-14-26-46-48(38)41-23-12-13-25-44(41)55(46)37-20-8-3-9-21-37/h1-32,51H,(H,53,54). The maximum Gasteiger partial charge on any atom is 0.209 e. The predicted molar refractivity (Wildman–Crippen MR) is 242 cm³/mol. The molecular formula is C52H34N4S. The molecule has 1 atom stereocenters. The van der Waals surface area contributed by atoms with Gasteiger partial charge < -0.3 is 9.88 Å². The first kappa shape index (κ1) is 32.2. The fourth-order valence-electron chi connectivity index (χ4n) is 9.04. The SMILES string of the molecule is C1=C(c2ccccc2)SC2NC(n3c4ccc(-c5cccc6c5c5ccccc5n6-c5ccccc5)cc4c4ccc5ccccc5c43)=NC(c3ccccc3)=C12. The molecule has 0 bridgehead atoms. The number of thioether (sulfide) groups is 1. The van der Waals surface area contributed by atoms with E-state index in [1.165, 1.54) is 70.5 Å². The molecule has 268 valence electrons. The largest absolute Gasteiger partial charge is 0.339 e. The number of hydrogen-bond acceptors (Lipinski definition) is 3. The maximum absolute atomic E-state index is 5.55. The molecule has 12 rings (SSSR count). The summed E-state index contributed by atoms with van der Waals surface area (Å²) >= 11 is 1.86. The molecule has 4 nitrogen and oxygen atoms in total. The molecule has 0 spiro atoms. The lowest BCUT2D eigenvalue weighted by Gasteiger charge is -2.26. The van der Waals surface area contributed by atoms with Gasteiger partial charge in [0, 0.05) is 48.7 Å². The van der Waals surface area contributed by atoms with Crippen LogP contribution in [0.5, 0.6) is 0 Å². The Morgan fingerprint density at radius 3 is 2.00 bits per heavy atom. The van der Waals surface area contributed by atoms with E-state index in [1.807, 2.05) is 11.8 Å². The zero-order chi connectivity index (χ0) is 37.5. The molecule has 0 fully saturated rings. The fraction of sp³-hybridized carbons (Fsp3) is 0.0192. The summed E-state index contributed by atoms with van der Waals surface area (Å²) in [4.78, 5) is 6.79. The first-order valence-electron chi connectivity index (χ1n) is 19.4. The lowest BCUT2D eigenvalue weighted by molar-refractivity contribution is 0.893. The third-order valence-electron chi connectivity index (χ3n) is 11.6. The minimum Gasteiger partial charge on any atom is -0.339 e. The van der Waals surface area contributed by atoms with Crippen molar-refractivity contribution in [2.75, 3.05) is 0 Å². The van der Waals surface area contributed by atoms with Gasteiger partial charge in [-0.25, -0.2) is 4.99 Å². The zero-order valence-electron chi connectivity index (χ0n) is 30.8. The second-order valence-electron chi connectivity index (χ2n) is 14.8. The Hall–Kier alpha value is -7.08. The van der Waals surface area contributed by atoms with Gasteiger partial charge in [0.15, 0.2) is 0 Å². The number of fused-ring (bicyclic) bond motifs is 9. The summed E-state index contributed by atoms with van der Waals surface area (Å²) in [5, 5.41) is 11.2. The molecule has 2 aliphatic heterocycles. The Labute approximate surface area is 333 Å². The molecule has 4 heterocycles. The quantitative estimate of drug-likeness (QED) is 0.195. The van der Waals surface area contributed by atoms with E-state index in [0.717, 1.165) is 33.9 Å². The summed E-state index contributed by atoms with van der Waals surface area (Å²) in [6.45, 7) is 0. The third kappa shape index (κ3) is 4.99. The van der Waals surface area contributed by atoms with Gasteiger partial charge in [-0.05, 0) is 64.6 Å². The number of hydrogen-bond donors (Lipinski definition) is 1. The number of nitrogens with one attached hydrogen (secondary N) is 1. The van der Waals surface area contributed by atoms with Crippen molar-refractivity contribution in [3.8, 4) is 16.8 Å². The highest BCUT2D eigenvalue weighted by Gasteiger charge is 2.33. The fourth-order valence-corrected chi connectivity index (χ4v) is 10.2. The maximum atomic E-state index is 5.55. The van der Waals surface area contributed by atoms with Gasteiger partial charge in [0.2, 0.25) is 5.96 Å². The molecule has 2 aliphatic rings. The Balaban J connectivity index is 1.10. The summed E-state index contributed by atoms with van der Waals surface area (Å²) in [7, 11) is 0. The van der Waals surface area contributed by atoms with Gasteiger partial charge in [-0.2, -0.15) is 0 Å². The topological polar surface area (TPSA) is 34.2 Å². The van der Waals surface area contributed by atoms with Crippen molar-refractivity contribution in [2.45, 2.75) is 5.37 Å². The van der Waals surface area contributed by atoms with Crippen LogP contribution in [0.15, 0.2) is 205 Å². The minimum atomic E-state index is 0.00389. The average molecular weight is 747 g/mol. The summed E-state index contributed by atoms with van der Waals surface area (Å²) in [6.07, 6.45) is 2.32. The molecule has 1 unspecified atom stereocenters. The van der Waals surface area contributed by atoms with Crippen molar-refractivity contribution in [1.82, 2.24) is 14.5 Å². The highest BCUT2D eigenvalue weighted by atomic mass is 32.2. The van der Waals surface area contributed by atoms with Crippen LogP contribution >= 0.6 is 11.8 Å². The normalized spacial score (nSPS) is 15.4. The Morgan fingerprint density at radius 1 is 0.491 bits per heavy atom. The average Bonchev–Trinajstić information content (AvgIpc) is 3.97. The van der Waals surface area contributed by atoms with E-state index in [-0.39, 0.29) is 5.37 Å². The molecule has 1 N–H and O–H groups in total. The first-order valence-corrected chi connectivity index (χ1v) is 20.3. The van der Waals surface area contributed by atoms with Gasteiger partial charge in [-0.3, -0.25) is 4.57 Å². The Morgan fingerprint density at radius 2 is 1.18 bits per heavy atom. The van der Waals surface area contributed by atoms with Crippen LogP contribution in [-0.4, -0.2) is 20.5 Å². The molecule has 0 radical (unpaired) electrons. The van der Waals surface area contributed by atoms with Crippen LogP contribution < -0.4 is 5.32 Å². The monoisotopic (exact) mass is 746 g/mol. The molecule has 8 aromatic carbocycles. The van der Waals surface area contributed by atoms with Gasteiger partial charge >= 0.3 is 0 Å². The van der Waals surface area contributed by atoms with Gasteiger partial charge in [0.05, 0.1) is 27.8 Å². The molecule has 2 aromatic heterocycles. The van der Waals surface area contributed by atoms with Gasteiger partial charge in [0.1, 0.15) is 5.37 Å². The van der Waals surface area contributed by atoms with Crippen LogP contribution in [0.4, 0.5) is 0 Å². The molecule has 57 heavy (non-hydrogen) atoms. The number of benzene rings is 8. The van der Waals surface area contributed by atoms with Gasteiger partial charge in [-0.1, -0.05) is 163 Å². The molecular weight excluding hydrogens is 713 g/mol. The van der Waals surface area contributed by atoms with E-state index >= 15 is 0 Å². The smallest absolute Gasteiger partial charge is 0.209 e. The van der Waals surface area contributed by atoms with Crippen molar-refractivity contribution in [2.24, 2.45) is 4.99 Å². The van der Waals surface area contributed by atoms with E-state index < -0.39 is 0 Å². The number of nitrogens with zero attached hydrogens (tertiary/aromatic N) is 3. The highest BCUT2D eigenvalue weighted by Crippen LogP contribution is 2.47. The van der Waals surface area contributed by atoms with Crippen LogP contribution in [-0.2, 0) is 0 Å². The lowest BCUT2D eigenvalue weighted by Crippen LogP contribution is -2.39. The van der Waals surface area contributed by atoms with Crippen LogP contribution in [0.2, 0.25) is 0 Å². The van der Waals surface area contributed by atoms with Crippen molar-refractivity contribution < 1.29 is 0 Å². The lowest BCUT2D eigenvalue weighted by atomic mass is 9.97. The van der Waals surface area contributed by atoms with Gasteiger partial charge in [-0.15, -0.1) is 0 Å². The molecule has 5 heteroatoms. The van der Waals surface area contributed by atoms with Crippen molar-refractivity contribution in [3.05, 3.63) is 211 Å². The third-order valence-corrected chi connectivity index (χ3v) is 12.8. The van der Waals surface area contributed by atoms with Gasteiger partial charge in [0.25, 0.3) is 0 Å². The molecule has 0 saturated carbocycles. The Kier molecular flexibility index (Phi) is 7.19. The molecule has 0 aliphatic carbocycles. The van der Waals surface area contributed by atoms with Crippen LogP contribution in [0.1, 0.15) is 11.1 Å². The summed E-state index contributed by atoms with van der Waals surface area (Å²) in [5.74, 6) is 0.829. The molecule has 0 saturated heterocycles. The van der Waals surface area contributed by atoms with Crippen LogP contribution in [0.3, 0.4) is 0 Å². The van der Waals surface area contributed by atoms with E-state index in [2.05, 4.69) is 209 Å². The van der Waals surface area contributed by atoms with E-state index in [4.69, 9.17) is 4.99 Å². The second kappa shape index (κ2) is 12.7. The second-order valence-corrected chi connectivity index (χ2v) is 15.9. The number of aliphatic imine (C=N–C) groups is 1. The number of aromatic nitrogens is 2. The van der Waals surface area contributed by atoms with Crippen molar-refractivity contribution in [3.63, 3.8) is 0 Å². The first-order chi connectivity index (χ1) is 28.3. The summed E-state index contributed by atoms with van der Waals surface area (Å²) in [6, 6.07) is 67.8. The zero-order valence-corrected chi connectivity index (χ0v) is 31.6. The van der Waals surface area contributed by atoms with E-state index in [1.54, 1.807) is 0 Å². The van der Waals surface area contributed by atoms with E-state index in [0.29, 0.717) is 0 Å². The predicted octanol–water partition coefficient (Wildman–Crippen LogP) is 13.0. The van der Waals surface area contributed by atoms with Crippen molar-refractivity contribution in [1.29, 1.82) is 0 Å². The summed E-state index contributed by atoms with van der Waals surface area (Å²) < 4.78 is 4.77. The van der Waals surface area contributed by atoms with E-state index in [9.17, 15) is 0 Å².